The summed E-state index contributed by atoms with van der Waals surface area (Å²) >= 11 is 0. The Morgan fingerprint density at radius 2 is 1.64 bits per heavy atom. The van der Waals surface area contributed by atoms with Gasteiger partial charge in [-0.05, 0) is 5.56 Å². The van der Waals surface area contributed by atoms with Gasteiger partial charge < -0.3 is 10.1 Å². The molecule has 0 aliphatic carbocycles. The van der Waals surface area contributed by atoms with Crippen molar-refractivity contribution in [2.45, 2.75) is 31.3 Å². The number of alkyl halides is 6. The molecule has 0 aliphatic heterocycles. The van der Waals surface area contributed by atoms with Crippen LogP contribution in [0.3, 0.4) is 0 Å². The molecule has 0 aliphatic rings. The minimum Gasteiger partial charge on any atom is -0.440 e. The van der Waals surface area contributed by atoms with E-state index in [0.29, 0.717) is 5.56 Å². The van der Waals surface area contributed by atoms with Gasteiger partial charge in [-0.3, -0.25) is 0 Å². The number of ether oxygens (including phenoxy) is 1. The molecule has 28 heavy (non-hydrogen) atoms. The Balaban J connectivity index is 2.44. The van der Waals surface area contributed by atoms with Gasteiger partial charge in [-0.15, -0.1) is 6.58 Å². The smallest absolute Gasteiger partial charge is 0.434 e. The first-order chi connectivity index (χ1) is 13.0. The highest BCUT2D eigenvalue weighted by Crippen LogP contribution is 2.36. The molecule has 0 bridgehead atoms. The van der Waals surface area contributed by atoms with E-state index in [4.69, 9.17) is 0 Å². The zero-order valence-corrected chi connectivity index (χ0v) is 14.6. The van der Waals surface area contributed by atoms with Crippen molar-refractivity contribution in [3.8, 4) is 6.01 Å². The molecule has 0 amide bonds. The molecule has 0 radical (unpaired) electrons. The zero-order valence-electron chi connectivity index (χ0n) is 14.6. The lowest BCUT2D eigenvalue weighted by atomic mass is 10.0. The Morgan fingerprint density at radius 3 is 2.18 bits per heavy atom. The Labute approximate surface area is 156 Å². The van der Waals surface area contributed by atoms with Gasteiger partial charge in [0.25, 0.3) is 6.10 Å². The number of benzene rings is 1. The summed E-state index contributed by atoms with van der Waals surface area (Å²) in [5.41, 5.74) is 0.706. The van der Waals surface area contributed by atoms with E-state index in [0.717, 1.165) is 0 Å². The summed E-state index contributed by atoms with van der Waals surface area (Å²) in [6.07, 6.45) is -14.0. The second-order valence-corrected chi connectivity index (χ2v) is 5.68. The van der Waals surface area contributed by atoms with Crippen molar-refractivity contribution in [1.82, 2.24) is 15.0 Å². The van der Waals surface area contributed by atoms with Crippen LogP contribution >= 0.6 is 0 Å². The van der Waals surface area contributed by atoms with Gasteiger partial charge in [0.15, 0.2) is 0 Å². The summed E-state index contributed by atoms with van der Waals surface area (Å²) in [4.78, 5) is 11.2. The molecule has 5 nitrogen and oxygen atoms in total. The minimum atomic E-state index is -5.69. The van der Waals surface area contributed by atoms with Gasteiger partial charge >= 0.3 is 18.4 Å². The number of anilines is 1. The fourth-order valence-electron chi connectivity index (χ4n) is 2.18. The lowest BCUT2D eigenvalue weighted by molar-refractivity contribution is -0.301. The first kappa shape index (κ1) is 21.5. The number of rotatable bonds is 7. The maximum Gasteiger partial charge on any atom is 0.434 e. The third kappa shape index (κ3) is 5.57. The molecular weight excluding hydrogens is 390 g/mol. The summed E-state index contributed by atoms with van der Waals surface area (Å²) in [5.74, 6) is -0.817. The molecule has 1 aromatic heterocycles. The molecule has 0 saturated carbocycles. The number of halogens is 6. The largest absolute Gasteiger partial charge is 0.440 e. The van der Waals surface area contributed by atoms with Crippen LogP contribution in [0.5, 0.6) is 6.01 Å². The molecule has 1 heterocycles. The SMILES string of the molecule is C=CCNc1nc(OC(C(F)(F)F)C(F)(F)F)nc([C@@H](C)c2ccccc2)n1. The fourth-order valence-corrected chi connectivity index (χ4v) is 2.18. The molecule has 2 aromatic rings. The highest BCUT2D eigenvalue weighted by molar-refractivity contribution is 5.31. The van der Waals surface area contributed by atoms with Crippen molar-refractivity contribution in [3.05, 3.63) is 54.4 Å². The zero-order chi connectivity index (χ0) is 20.9. The first-order valence-electron chi connectivity index (χ1n) is 7.98. The maximum atomic E-state index is 12.8. The van der Waals surface area contributed by atoms with Crippen molar-refractivity contribution in [3.63, 3.8) is 0 Å². The molecule has 2 rings (SSSR count). The van der Waals surface area contributed by atoms with Gasteiger partial charge in [-0.2, -0.15) is 41.3 Å². The standard InChI is InChI=1S/C17H16F6N4O/c1-3-9-24-14-25-12(10(2)11-7-5-4-6-8-11)26-15(27-14)28-13(16(18,19)20)17(21,22)23/h3-8,10,13H,1,9H2,2H3,(H,24,25,26,27)/t10-/m0/s1. The molecule has 1 aromatic carbocycles. The van der Waals surface area contributed by atoms with E-state index in [1.54, 1.807) is 37.3 Å². The van der Waals surface area contributed by atoms with Crippen LogP contribution in [0.1, 0.15) is 24.2 Å². The Hall–Kier alpha value is -2.85. The quantitative estimate of drug-likeness (QED) is 0.542. The predicted octanol–water partition coefficient (Wildman–Crippen LogP) is 4.49. The number of nitrogens with zero attached hydrogens (tertiary/aromatic N) is 3. The van der Waals surface area contributed by atoms with Gasteiger partial charge in [-0.1, -0.05) is 43.3 Å². The van der Waals surface area contributed by atoms with Crippen molar-refractivity contribution in [1.29, 1.82) is 0 Å². The first-order valence-corrected chi connectivity index (χ1v) is 7.98. The van der Waals surface area contributed by atoms with Gasteiger partial charge in [0.1, 0.15) is 5.82 Å². The van der Waals surface area contributed by atoms with Gasteiger partial charge in [-0.25, -0.2) is 0 Å². The second kappa shape index (κ2) is 8.44. The highest BCUT2D eigenvalue weighted by atomic mass is 19.4. The van der Waals surface area contributed by atoms with Crippen LogP contribution in [0, 0.1) is 0 Å². The van der Waals surface area contributed by atoms with Crippen molar-refractivity contribution >= 4 is 5.95 Å². The Kier molecular flexibility index (Phi) is 6.47. The van der Waals surface area contributed by atoms with Crippen LogP contribution in [-0.2, 0) is 0 Å². The van der Waals surface area contributed by atoms with E-state index in [2.05, 4.69) is 31.6 Å². The number of aromatic nitrogens is 3. The second-order valence-electron chi connectivity index (χ2n) is 5.68. The Bertz CT molecular complexity index is 780. The molecule has 0 spiro atoms. The number of nitrogens with one attached hydrogen (secondary N) is 1. The van der Waals surface area contributed by atoms with Crippen LogP contribution in [-0.4, -0.2) is 40.0 Å². The van der Waals surface area contributed by atoms with E-state index >= 15 is 0 Å². The van der Waals surface area contributed by atoms with E-state index in [1.807, 2.05) is 0 Å². The van der Waals surface area contributed by atoms with Crippen molar-refractivity contribution in [2.24, 2.45) is 0 Å². The van der Waals surface area contributed by atoms with E-state index in [1.165, 1.54) is 6.08 Å². The van der Waals surface area contributed by atoms with Gasteiger partial charge in [0, 0.05) is 12.5 Å². The van der Waals surface area contributed by atoms with E-state index in [-0.39, 0.29) is 18.3 Å². The summed E-state index contributed by atoms with van der Waals surface area (Å²) in [6, 6.07) is 7.57. The van der Waals surface area contributed by atoms with Crippen LogP contribution in [0.2, 0.25) is 0 Å². The van der Waals surface area contributed by atoms with Gasteiger partial charge in [0.2, 0.25) is 5.95 Å². The average Bonchev–Trinajstić information content (AvgIpc) is 2.62. The molecular formula is C17H16F6N4O. The normalized spacial score (nSPS) is 13.3. The fraction of sp³-hybridized carbons (Fsp3) is 0.353. The summed E-state index contributed by atoms with van der Waals surface area (Å²) < 4.78 is 80.8. The highest BCUT2D eigenvalue weighted by Gasteiger charge is 2.59. The molecule has 1 atom stereocenters. The van der Waals surface area contributed by atoms with E-state index in [9.17, 15) is 26.3 Å². The maximum absolute atomic E-state index is 12.8. The molecule has 0 unspecified atom stereocenters. The predicted molar refractivity (Wildman–Crippen MR) is 89.0 cm³/mol. The topological polar surface area (TPSA) is 59.9 Å². The summed E-state index contributed by atoms with van der Waals surface area (Å²) in [7, 11) is 0. The molecule has 152 valence electrons. The van der Waals surface area contributed by atoms with Crippen molar-refractivity contribution in [2.75, 3.05) is 11.9 Å². The number of hydrogen-bond acceptors (Lipinski definition) is 5. The monoisotopic (exact) mass is 406 g/mol. The lowest BCUT2D eigenvalue weighted by Gasteiger charge is -2.23. The van der Waals surface area contributed by atoms with Crippen molar-refractivity contribution < 1.29 is 31.1 Å². The Morgan fingerprint density at radius 1 is 1.04 bits per heavy atom. The third-order valence-electron chi connectivity index (χ3n) is 3.54. The van der Waals surface area contributed by atoms with Gasteiger partial charge in [0.05, 0.1) is 0 Å². The molecule has 0 saturated heterocycles. The van der Waals surface area contributed by atoms with Crippen LogP contribution in [0.4, 0.5) is 32.3 Å². The summed E-state index contributed by atoms with van der Waals surface area (Å²) in [6.45, 7) is 5.23. The third-order valence-corrected chi connectivity index (χ3v) is 3.54. The van der Waals surface area contributed by atoms with E-state index < -0.39 is 30.4 Å². The van der Waals surface area contributed by atoms with Crippen LogP contribution in [0.25, 0.3) is 0 Å². The van der Waals surface area contributed by atoms with Crippen LogP contribution in [0.15, 0.2) is 43.0 Å². The minimum absolute atomic E-state index is 0.0501. The lowest BCUT2D eigenvalue weighted by Crippen LogP contribution is -2.47. The van der Waals surface area contributed by atoms with Crippen LogP contribution < -0.4 is 10.1 Å². The molecule has 11 heteroatoms. The molecule has 1 N–H and O–H groups in total. The molecule has 0 fully saturated rings. The number of hydrogen-bond donors (Lipinski definition) is 1. The average molecular weight is 406 g/mol. The summed E-state index contributed by atoms with van der Waals surface area (Å²) in [5, 5.41) is 2.61.